The molecule has 26 heavy (non-hydrogen) atoms. The third-order valence-corrected chi connectivity index (χ3v) is 4.32. The van der Waals surface area contributed by atoms with Crippen molar-refractivity contribution in [3.05, 3.63) is 52.6 Å². The molecule has 8 heteroatoms. The van der Waals surface area contributed by atoms with Gasteiger partial charge in [0.25, 0.3) is 0 Å². The fourth-order valence-electron chi connectivity index (χ4n) is 3.24. The summed E-state index contributed by atoms with van der Waals surface area (Å²) in [5.74, 6) is -3.79. The lowest BCUT2D eigenvalue weighted by Gasteiger charge is -2.21. The van der Waals surface area contributed by atoms with E-state index in [1.54, 1.807) is 0 Å². The van der Waals surface area contributed by atoms with Gasteiger partial charge >= 0.3 is 0 Å². The quantitative estimate of drug-likeness (QED) is 0.259. The zero-order chi connectivity index (χ0) is 18.7. The van der Waals surface area contributed by atoms with E-state index in [1.165, 1.54) is 12.1 Å². The van der Waals surface area contributed by atoms with E-state index in [2.05, 4.69) is 4.89 Å². The molecule has 0 spiro atoms. The Morgan fingerprint density at radius 2 is 1.42 bits per heavy atom. The van der Waals surface area contributed by atoms with E-state index in [0.29, 0.717) is 0 Å². The molecule has 3 aromatic carbocycles. The van der Waals surface area contributed by atoms with Gasteiger partial charge in [-0.2, -0.15) is 0 Å². The van der Waals surface area contributed by atoms with Crippen LogP contribution in [0.15, 0.2) is 30.3 Å². The highest BCUT2D eigenvalue weighted by Crippen LogP contribution is 2.45. The van der Waals surface area contributed by atoms with E-state index >= 15 is 0 Å². The van der Waals surface area contributed by atoms with Crippen LogP contribution in [0.25, 0.3) is 10.8 Å². The molecule has 1 aliphatic carbocycles. The molecule has 130 valence electrons. The molecule has 0 aromatic heterocycles. The lowest BCUT2D eigenvalue weighted by molar-refractivity contribution is -0.137. The average Bonchev–Trinajstić information content (AvgIpc) is 2.57. The van der Waals surface area contributed by atoms with Crippen molar-refractivity contribution >= 4 is 22.3 Å². The highest BCUT2D eigenvalue weighted by molar-refractivity contribution is 6.32. The highest BCUT2D eigenvalue weighted by Gasteiger charge is 2.36. The summed E-state index contributed by atoms with van der Waals surface area (Å²) in [7, 11) is 0. The lowest BCUT2D eigenvalue weighted by atomic mass is 9.81. The number of benzene rings is 3. The van der Waals surface area contributed by atoms with Gasteiger partial charge in [-0.25, -0.2) is 5.26 Å². The molecule has 0 saturated carbocycles. The van der Waals surface area contributed by atoms with Gasteiger partial charge in [0.05, 0.1) is 16.5 Å². The minimum absolute atomic E-state index is 0.110. The number of ketones is 2. The Morgan fingerprint density at radius 1 is 0.731 bits per heavy atom. The number of carbonyl (C=O) groups is 2. The maximum atomic E-state index is 12.8. The highest BCUT2D eigenvalue weighted by atomic mass is 17.1. The Labute approximate surface area is 144 Å². The summed E-state index contributed by atoms with van der Waals surface area (Å²) in [6.07, 6.45) is 0. The second kappa shape index (κ2) is 5.11. The van der Waals surface area contributed by atoms with Gasteiger partial charge in [0.15, 0.2) is 11.5 Å². The standard InChI is InChI=1S/C18H10O8/c19-7-1-6-2-9-15(17(23)13(6)11(20)3-7)18(24)14-10(16(9)22)4-8(26-25)5-12(14)21/h1-5,19-21,23,25H. The van der Waals surface area contributed by atoms with Crippen molar-refractivity contribution < 1.29 is 40.2 Å². The zero-order valence-corrected chi connectivity index (χ0v) is 12.8. The molecule has 0 radical (unpaired) electrons. The predicted molar refractivity (Wildman–Crippen MR) is 87.2 cm³/mol. The molecule has 1 aliphatic rings. The van der Waals surface area contributed by atoms with Crippen LogP contribution in [-0.4, -0.2) is 37.2 Å². The zero-order valence-electron chi connectivity index (χ0n) is 12.8. The predicted octanol–water partition coefficient (Wildman–Crippen LogP) is 2.29. The second-order valence-electron chi connectivity index (χ2n) is 5.83. The van der Waals surface area contributed by atoms with Crippen LogP contribution in [0, 0.1) is 0 Å². The van der Waals surface area contributed by atoms with Gasteiger partial charge in [0, 0.05) is 23.3 Å². The normalized spacial score (nSPS) is 12.8. The Bertz CT molecular complexity index is 1150. The van der Waals surface area contributed by atoms with Crippen molar-refractivity contribution in [2.24, 2.45) is 0 Å². The fourth-order valence-corrected chi connectivity index (χ4v) is 3.24. The first-order chi connectivity index (χ1) is 12.3. The van der Waals surface area contributed by atoms with Crippen LogP contribution in [0.4, 0.5) is 0 Å². The third-order valence-electron chi connectivity index (χ3n) is 4.32. The molecule has 5 N–H and O–H groups in total. The topological polar surface area (TPSA) is 145 Å². The molecule has 8 nitrogen and oxygen atoms in total. The second-order valence-corrected chi connectivity index (χ2v) is 5.83. The van der Waals surface area contributed by atoms with Gasteiger partial charge in [-0.3, -0.25) is 9.59 Å². The molecule has 0 saturated heterocycles. The number of fused-ring (bicyclic) bond motifs is 3. The van der Waals surface area contributed by atoms with E-state index in [-0.39, 0.29) is 44.5 Å². The Hall–Kier alpha value is -3.78. The maximum Gasteiger partial charge on any atom is 0.201 e. The summed E-state index contributed by atoms with van der Waals surface area (Å²) in [5.41, 5.74) is -1.11. The average molecular weight is 354 g/mol. The summed E-state index contributed by atoms with van der Waals surface area (Å²) < 4.78 is 0. The SMILES string of the molecule is O=C1c2cc(OO)cc(O)c2C(=O)c2c1cc1cc(O)cc(O)c1c2O. The Kier molecular flexibility index (Phi) is 3.09. The number of phenols is 4. The molecular formula is C18H10O8. The number of hydrogen-bond donors (Lipinski definition) is 5. The number of rotatable bonds is 1. The number of hydrogen-bond acceptors (Lipinski definition) is 8. The van der Waals surface area contributed by atoms with Crippen molar-refractivity contribution in [2.45, 2.75) is 0 Å². The minimum atomic E-state index is -0.830. The fraction of sp³-hybridized carbons (Fsp3) is 0. The number of aromatic hydroxyl groups is 4. The van der Waals surface area contributed by atoms with Crippen molar-refractivity contribution in [2.75, 3.05) is 0 Å². The Balaban J connectivity index is 2.11. The summed E-state index contributed by atoms with van der Waals surface area (Å²) in [6, 6.07) is 5.48. The molecular weight excluding hydrogens is 344 g/mol. The molecule has 0 atom stereocenters. The summed E-state index contributed by atoms with van der Waals surface area (Å²) in [6.45, 7) is 0. The number of carbonyl (C=O) groups excluding carboxylic acids is 2. The third kappa shape index (κ3) is 1.93. The first-order valence-corrected chi connectivity index (χ1v) is 7.33. The van der Waals surface area contributed by atoms with Crippen LogP contribution in [-0.2, 0) is 0 Å². The molecule has 0 bridgehead atoms. The summed E-state index contributed by atoms with van der Waals surface area (Å²) in [5, 5.41) is 49.0. The van der Waals surface area contributed by atoms with Crippen molar-refractivity contribution in [3.63, 3.8) is 0 Å². The van der Waals surface area contributed by atoms with Crippen LogP contribution in [0.5, 0.6) is 28.7 Å². The van der Waals surface area contributed by atoms with Crippen LogP contribution >= 0.6 is 0 Å². The van der Waals surface area contributed by atoms with Gasteiger partial charge in [-0.05, 0) is 23.6 Å². The van der Waals surface area contributed by atoms with Gasteiger partial charge in [-0.15, -0.1) is 0 Å². The first-order valence-electron chi connectivity index (χ1n) is 7.33. The molecule has 0 unspecified atom stereocenters. The lowest BCUT2D eigenvalue weighted by Crippen LogP contribution is -2.21. The van der Waals surface area contributed by atoms with Crippen LogP contribution in [0.3, 0.4) is 0 Å². The minimum Gasteiger partial charge on any atom is -0.508 e. The van der Waals surface area contributed by atoms with Crippen molar-refractivity contribution in [1.29, 1.82) is 0 Å². The van der Waals surface area contributed by atoms with Gasteiger partial charge in [0.2, 0.25) is 5.78 Å². The molecule has 0 heterocycles. The maximum absolute atomic E-state index is 12.8. The van der Waals surface area contributed by atoms with Crippen LogP contribution < -0.4 is 4.89 Å². The summed E-state index contributed by atoms with van der Waals surface area (Å²) in [4.78, 5) is 29.6. The van der Waals surface area contributed by atoms with Crippen molar-refractivity contribution in [1.82, 2.24) is 0 Å². The monoisotopic (exact) mass is 354 g/mol. The number of phenolic OH excluding ortho intramolecular Hbond substituents is 4. The molecule has 0 amide bonds. The van der Waals surface area contributed by atoms with E-state index in [1.807, 2.05) is 0 Å². The molecule has 3 aromatic rings. The van der Waals surface area contributed by atoms with Crippen LogP contribution in [0.1, 0.15) is 31.8 Å². The van der Waals surface area contributed by atoms with E-state index in [4.69, 9.17) is 5.26 Å². The van der Waals surface area contributed by atoms with E-state index in [0.717, 1.165) is 18.2 Å². The van der Waals surface area contributed by atoms with Crippen LogP contribution in [0.2, 0.25) is 0 Å². The van der Waals surface area contributed by atoms with Gasteiger partial charge in [-0.1, -0.05) is 0 Å². The molecule has 0 aliphatic heterocycles. The smallest absolute Gasteiger partial charge is 0.201 e. The molecule has 0 fully saturated rings. The van der Waals surface area contributed by atoms with Gasteiger partial charge < -0.3 is 25.3 Å². The summed E-state index contributed by atoms with van der Waals surface area (Å²) >= 11 is 0. The van der Waals surface area contributed by atoms with E-state index in [9.17, 15) is 30.0 Å². The first kappa shape index (κ1) is 15.7. The van der Waals surface area contributed by atoms with Gasteiger partial charge in [0.1, 0.15) is 23.0 Å². The molecule has 4 rings (SSSR count). The largest absolute Gasteiger partial charge is 0.508 e. The van der Waals surface area contributed by atoms with E-state index < -0.39 is 28.8 Å². The van der Waals surface area contributed by atoms with Crippen molar-refractivity contribution in [3.8, 4) is 28.7 Å². The Morgan fingerprint density at radius 3 is 2.12 bits per heavy atom.